The van der Waals surface area contributed by atoms with Crippen molar-refractivity contribution in [1.29, 1.82) is 0 Å². The van der Waals surface area contributed by atoms with Gasteiger partial charge in [0, 0.05) is 0 Å². The number of rotatable bonds is 2. The lowest BCUT2D eigenvalue weighted by Crippen LogP contribution is -1.98. The molecule has 0 saturated heterocycles. The molecule has 2 aromatic heterocycles. The van der Waals surface area contributed by atoms with Gasteiger partial charge in [-0.1, -0.05) is 0 Å². The lowest BCUT2D eigenvalue weighted by Gasteiger charge is -1.85. The molecule has 6 nitrogen and oxygen atoms in total. The Hall–Kier alpha value is -1.63. The Morgan fingerprint density at radius 3 is 2.86 bits per heavy atom. The number of nitrogens with zero attached hydrogens (tertiary/aromatic N) is 2. The van der Waals surface area contributed by atoms with E-state index in [1.165, 1.54) is 6.26 Å². The molecule has 0 unspecified atom stereocenters. The van der Waals surface area contributed by atoms with Crippen LogP contribution in [0.3, 0.4) is 0 Å². The van der Waals surface area contributed by atoms with E-state index in [0.29, 0.717) is 10.2 Å². The molecule has 0 spiro atoms. The van der Waals surface area contributed by atoms with Crippen LogP contribution in [0.25, 0.3) is 11.7 Å². The predicted molar refractivity (Wildman–Crippen MR) is 46.7 cm³/mol. The van der Waals surface area contributed by atoms with E-state index in [9.17, 15) is 4.79 Å². The summed E-state index contributed by atoms with van der Waals surface area (Å²) in [6.07, 6.45) is 1.42. The van der Waals surface area contributed by atoms with Crippen LogP contribution in [-0.4, -0.2) is 21.2 Å². The number of carboxylic acid groups (broad SMARTS) is 1. The van der Waals surface area contributed by atoms with Gasteiger partial charge in [0.2, 0.25) is 5.76 Å². The molecular weight excluding hydrogens is 256 g/mol. The van der Waals surface area contributed by atoms with Crippen molar-refractivity contribution in [2.24, 2.45) is 0 Å². The highest BCUT2D eigenvalue weighted by atomic mass is 79.9. The van der Waals surface area contributed by atoms with Crippen LogP contribution in [-0.2, 0) is 0 Å². The standard InChI is InChI=1S/C7H3BrN2O4/c8-3-1-2-13-4(3)6-9-5(7(11)12)10-14-6/h1-2H,(H,11,12). The second kappa shape index (κ2) is 3.26. The van der Waals surface area contributed by atoms with Crippen molar-refractivity contribution in [2.45, 2.75) is 0 Å². The molecule has 2 aromatic rings. The zero-order valence-electron chi connectivity index (χ0n) is 6.60. The van der Waals surface area contributed by atoms with Crippen molar-refractivity contribution < 1.29 is 18.8 Å². The molecule has 2 rings (SSSR count). The zero-order valence-corrected chi connectivity index (χ0v) is 8.19. The highest BCUT2D eigenvalue weighted by molar-refractivity contribution is 9.10. The molecule has 0 amide bonds. The van der Waals surface area contributed by atoms with Crippen LogP contribution >= 0.6 is 15.9 Å². The highest BCUT2D eigenvalue weighted by Crippen LogP contribution is 2.27. The number of hydrogen-bond donors (Lipinski definition) is 1. The van der Waals surface area contributed by atoms with Gasteiger partial charge in [0.05, 0.1) is 10.7 Å². The Morgan fingerprint density at radius 2 is 2.36 bits per heavy atom. The van der Waals surface area contributed by atoms with Gasteiger partial charge in [0.15, 0.2) is 0 Å². The number of halogens is 1. The van der Waals surface area contributed by atoms with Crippen LogP contribution < -0.4 is 0 Å². The van der Waals surface area contributed by atoms with E-state index < -0.39 is 11.8 Å². The summed E-state index contributed by atoms with van der Waals surface area (Å²) >= 11 is 3.18. The van der Waals surface area contributed by atoms with E-state index in [0.717, 1.165) is 0 Å². The summed E-state index contributed by atoms with van der Waals surface area (Å²) in [4.78, 5) is 14.1. The molecule has 2 heterocycles. The summed E-state index contributed by atoms with van der Waals surface area (Å²) in [5.41, 5.74) is 0. The molecule has 0 radical (unpaired) electrons. The lowest BCUT2D eigenvalue weighted by molar-refractivity contribution is 0.0680. The van der Waals surface area contributed by atoms with Crippen molar-refractivity contribution in [3.63, 3.8) is 0 Å². The zero-order chi connectivity index (χ0) is 10.1. The minimum atomic E-state index is -1.25. The summed E-state index contributed by atoms with van der Waals surface area (Å²) in [6, 6.07) is 1.64. The summed E-state index contributed by atoms with van der Waals surface area (Å²) in [5, 5.41) is 11.8. The largest absolute Gasteiger partial charge is 0.475 e. The topological polar surface area (TPSA) is 89.4 Å². The van der Waals surface area contributed by atoms with E-state index in [1.807, 2.05) is 0 Å². The molecule has 72 valence electrons. The highest BCUT2D eigenvalue weighted by Gasteiger charge is 2.18. The average Bonchev–Trinajstić information content (AvgIpc) is 2.71. The normalized spacial score (nSPS) is 10.4. The molecule has 0 aromatic carbocycles. The quantitative estimate of drug-likeness (QED) is 0.884. The van der Waals surface area contributed by atoms with Crippen LogP contribution in [0.2, 0.25) is 0 Å². The van der Waals surface area contributed by atoms with E-state index >= 15 is 0 Å². The van der Waals surface area contributed by atoms with Gasteiger partial charge in [0.1, 0.15) is 0 Å². The Balaban J connectivity index is 2.43. The Morgan fingerprint density at radius 1 is 1.57 bits per heavy atom. The Labute approximate surface area is 85.7 Å². The summed E-state index contributed by atoms with van der Waals surface area (Å²) in [6.45, 7) is 0. The minimum absolute atomic E-state index is 0.0271. The van der Waals surface area contributed by atoms with Gasteiger partial charge < -0.3 is 14.0 Å². The molecule has 7 heteroatoms. The first-order valence-corrected chi connectivity index (χ1v) is 4.28. The molecule has 0 atom stereocenters. The monoisotopic (exact) mass is 258 g/mol. The molecule has 0 bridgehead atoms. The molecule has 14 heavy (non-hydrogen) atoms. The predicted octanol–water partition coefficient (Wildman–Crippen LogP) is 1.79. The first-order valence-electron chi connectivity index (χ1n) is 3.49. The smallest absolute Gasteiger partial charge is 0.377 e. The van der Waals surface area contributed by atoms with Gasteiger partial charge in [-0.15, -0.1) is 0 Å². The van der Waals surface area contributed by atoms with Crippen LogP contribution in [0.5, 0.6) is 0 Å². The second-order valence-corrected chi connectivity index (χ2v) is 3.18. The number of carboxylic acids is 1. The van der Waals surface area contributed by atoms with Gasteiger partial charge in [-0.05, 0) is 27.2 Å². The van der Waals surface area contributed by atoms with Crippen LogP contribution in [0.4, 0.5) is 0 Å². The Bertz CT molecular complexity index is 475. The van der Waals surface area contributed by atoms with E-state index in [1.54, 1.807) is 6.07 Å². The molecular formula is C7H3BrN2O4. The third-order valence-corrected chi connectivity index (χ3v) is 2.05. The first-order chi connectivity index (χ1) is 6.68. The van der Waals surface area contributed by atoms with Gasteiger partial charge >= 0.3 is 5.97 Å². The maximum atomic E-state index is 10.4. The number of aromatic nitrogens is 2. The Kier molecular flexibility index (Phi) is 2.08. The van der Waals surface area contributed by atoms with Crippen LogP contribution in [0.1, 0.15) is 10.6 Å². The van der Waals surface area contributed by atoms with Gasteiger partial charge in [-0.3, -0.25) is 0 Å². The van der Waals surface area contributed by atoms with Crippen molar-refractivity contribution >= 4 is 21.9 Å². The average molecular weight is 259 g/mol. The van der Waals surface area contributed by atoms with E-state index in [-0.39, 0.29) is 5.89 Å². The van der Waals surface area contributed by atoms with Crippen LogP contribution in [0.15, 0.2) is 25.7 Å². The van der Waals surface area contributed by atoms with Crippen molar-refractivity contribution in [3.8, 4) is 11.7 Å². The van der Waals surface area contributed by atoms with Crippen molar-refractivity contribution in [3.05, 3.63) is 22.6 Å². The third kappa shape index (κ3) is 1.41. The van der Waals surface area contributed by atoms with Gasteiger partial charge in [-0.2, -0.15) is 4.98 Å². The first kappa shape index (κ1) is 8.95. The van der Waals surface area contributed by atoms with E-state index in [2.05, 4.69) is 30.6 Å². The fourth-order valence-electron chi connectivity index (χ4n) is 0.849. The molecule has 0 saturated carbocycles. The number of aromatic carboxylic acids is 1. The lowest BCUT2D eigenvalue weighted by atomic mass is 10.4. The van der Waals surface area contributed by atoms with E-state index in [4.69, 9.17) is 9.52 Å². The summed E-state index contributed by atoms with van der Waals surface area (Å²) in [5.74, 6) is -1.31. The van der Waals surface area contributed by atoms with Gasteiger partial charge in [-0.25, -0.2) is 4.79 Å². The van der Waals surface area contributed by atoms with Gasteiger partial charge in [0.25, 0.3) is 11.7 Å². The summed E-state index contributed by atoms with van der Waals surface area (Å²) < 4.78 is 10.3. The fourth-order valence-corrected chi connectivity index (χ4v) is 1.22. The number of hydrogen-bond acceptors (Lipinski definition) is 5. The SMILES string of the molecule is O=C(O)c1noc(-c2occc2Br)n1. The molecule has 1 N–H and O–H groups in total. The minimum Gasteiger partial charge on any atom is -0.475 e. The van der Waals surface area contributed by atoms with Crippen molar-refractivity contribution in [2.75, 3.05) is 0 Å². The molecule has 0 fully saturated rings. The van der Waals surface area contributed by atoms with Crippen molar-refractivity contribution in [1.82, 2.24) is 10.1 Å². The third-order valence-electron chi connectivity index (χ3n) is 1.43. The number of carbonyl (C=O) groups is 1. The maximum absolute atomic E-state index is 10.4. The fraction of sp³-hybridized carbons (Fsp3) is 0. The molecule has 0 aliphatic heterocycles. The molecule has 0 aliphatic rings. The summed E-state index contributed by atoms with van der Waals surface area (Å²) in [7, 11) is 0. The maximum Gasteiger partial charge on any atom is 0.377 e. The number of furan rings is 1. The van der Waals surface area contributed by atoms with Crippen LogP contribution in [0, 0.1) is 0 Å². The second-order valence-electron chi connectivity index (χ2n) is 2.33. The molecule has 0 aliphatic carbocycles.